The fraction of sp³-hybridized carbons (Fsp3) is 0.348. The lowest BCUT2D eigenvalue weighted by molar-refractivity contribution is 0.0336. The molecule has 2 saturated heterocycles. The SMILES string of the molecule is O=C(c1cc(Cc2n[nH]c(=O)c3ccccc23)ccc1F)N1CC(CN2CCC2)C1. The molecule has 1 N–H and O–H groups in total. The van der Waals surface area contributed by atoms with Gasteiger partial charge in [-0.25, -0.2) is 9.49 Å². The number of aromatic nitrogens is 2. The summed E-state index contributed by atoms with van der Waals surface area (Å²) in [5, 5.41) is 8.02. The number of aromatic amines is 1. The lowest BCUT2D eigenvalue weighted by Crippen LogP contribution is -2.55. The van der Waals surface area contributed by atoms with Crippen LogP contribution >= 0.6 is 0 Å². The zero-order valence-electron chi connectivity index (χ0n) is 16.6. The Morgan fingerprint density at radius 1 is 1.13 bits per heavy atom. The Bertz CT molecular complexity index is 1170. The van der Waals surface area contributed by atoms with E-state index in [2.05, 4.69) is 15.1 Å². The highest BCUT2D eigenvalue weighted by atomic mass is 19.1. The first-order chi connectivity index (χ1) is 14.6. The van der Waals surface area contributed by atoms with E-state index >= 15 is 0 Å². The average molecular weight is 406 g/mol. The summed E-state index contributed by atoms with van der Waals surface area (Å²) in [7, 11) is 0. The summed E-state index contributed by atoms with van der Waals surface area (Å²) in [6.45, 7) is 4.69. The van der Waals surface area contributed by atoms with Gasteiger partial charge in [0, 0.05) is 37.4 Å². The van der Waals surface area contributed by atoms with Gasteiger partial charge in [0.15, 0.2) is 0 Å². The molecule has 0 spiro atoms. The number of rotatable bonds is 5. The molecule has 2 aliphatic rings. The van der Waals surface area contributed by atoms with Crippen LogP contribution in [0.25, 0.3) is 10.8 Å². The van der Waals surface area contributed by atoms with E-state index in [4.69, 9.17) is 0 Å². The number of benzene rings is 2. The molecule has 3 aromatic rings. The second-order valence-electron chi connectivity index (χ2n) is 8.27. The van der Waals surface area contributed by atoms with E-state index in [1.54, 1.807) is 29.2 Å². The van der Waals surface area contributed by atoms with Crippen LogP contribution < -0.4 is 5.56 Å². The zero-order chi connectivity index (χ0) is 20.7. The molecule has 154 valence electrons. The Kier molecular flexibility index (Phi) is 4.83. The predicted molar refractivity (Wildman–Crippen MR) is 112 cm³/mol. The van der Waals surface area contributed by atoms with Crippen molar-refractivity contribution in [3.8, 4) is 0 Å². The topological polar surface area (TPSA) is 69.3 Å². The van der Waals surface area contributed by atoms with Crippen LogP contribution in [0.15, 0.2) is 47.3 Å². The van der Waals surface area contributed by atoms with E-state index < -0.39 is 5.82 Å². The molecule has 6 nitrogen and oxygen atoms in total. The molecule has 2 fully saturated rings. The van der Waals surface area contributed by atoms with E-state index in [0.717, 1.165) is 30.6 Å². The fourth-order valence-corrected chi connectivity index (χ4v) is 4.30. The van der Waals surface area contributed by atoms with Crippen molar-refractivity contribution < 1.29 is 9.18 Å². The smallest absolute Gasteiger partial charge is 0.272 e. The van der Waals surface area contributed by atoms with Gasteiger partial charge >= 0.3 is 0 Å². The third kappa shape index (κ3) is 3.50. The van der Waals surface area contributed by atoms with Gasteiger partial charge in [0.25, 0.3) is 11.5 Å². The number of nitrogens with zero attached hydrogens (tertiary/aromatic N) is 3. The number of hydrogen-bond acceptors (Lipinski definition) is 4. The van der Waals surface area contributed by atoms with Crippen LogP contribution in [-0.4, -0.2) is 58.6 Å². The number of amides is 1. The van der Waals surface area contributed by atoms with Gasteiger partial charge in [0.2, 0.25) is 0 Å². The molecular formula is C23H23FN4O2. The van der Waals surface area contributed by atoms with Gasteiger partial charge in [-0.2, -0.15) is 5.10 Å². The number of halogens is 1. The summed E-state index contributed by atoms with van der Waals surface area (Å²) in [4.78, 5) is 28.9. The van der Waals surface area contributed by atoms with Crippen LogP contribution in [0.4, 0.5) is 4.39 Å². The molecule has 1 amide bonds. The summed E-state index contributed by atoms with van der Waals surface area (Å²) < 4.78 is 14.4. The van der Waals surface area contributed by atoms with Crippen LogP contribution in [-0.2, 0) is 6.42 Å². The van der Waals surface area contributed by atoms with Crippen molar-refractivity contribution in [2.45, 2.75) is 12.8 Å². The second kappa shape index (κ2) is 7.65. The number of fused-ring (bicyclic) bond motifs is 1. The number of H-pyrrole nitrogens is 1. The Morgan fingerprint density at radius 2 is 1.90 bits per heavy atom. The lowest BCUT2D eigenvalue weighted by atomic mass is 9.96. The average Bonchev–Trinajstić information content (AvgIpc) is 2.69. The van der Waals surface area contributed by atoms with Crippen LogP contribution in [0.1, 0.15) is 28.0 Å². The van der Waals surface area contributed by atoms with Crippen molar-refractivity contribution in [3.63, 3.8) is 0 Å². The number of likely N-dealkylation sites (tertiary alicyclic amines) is 2. The Morgan fingerprint density at radius 3 is 2.63 bits per heavy atom. The minimum Gasteiger partial charge on any atom is -0.338 e. The highest BCUT2D eigenvalue weighted by Gasteiger charge is 2.34. The van der Waals surface area contributed by atoms with Crippen molar-refractivity contribution in [3.05, 3.63) is 75.5 Å². The van der Waals surface area contributed by atoms with Crippen molar-refractivity contribution >= 4 is 16.7 Å². The summed E-state index contributed by atoms with van der Waals surface area (Å²) >= 11 is 0. The molecule has 2 aliphatic heterocycles. The molecule has 7 heteroatoms. The zero-order valence-corrected chi connectivity index (χ0v) is 16.6. The molecule has 0 radical (unpaired) electrons. The first kappa shape index (κ1) is 18.9. The summed E-state index contributed by atoms with van der Waals surface area (Å²) in [5.41, 5.74) is 1.33. The first-order valence-corrected chi connectivity index (χ1v) is 10.3. The van der Waals surface area contributed by atoms with Crippen molar-refractivity contribution in [2.75, 3.05) is 32.7 Å². The number of hydrogen-bond donors (Lipinski definition) is 1. The van der Waals surface area contributed by atoms with Gasteiger partial charge in [0.1, 0.15) is 5.82 Å². The largest absolute Gasteiger partial charge is 0.338 e. The lowest BCUT2D eigenvalue weighted by Gasteiger charge is -2.43. The second-order valence-corrected chi connectivity index (χ2v) is 8.27. The van der Waals surface area contributed by atoms with Gasteiger partial charge in [-0.15, -0.1) is 0 Å². The van der Waals surface area contributed by atoms with E-state index in [9.17, 15) is 14.0 Å². The normalized spacial score (nSPS) is 17.0. The monoisotopic (exact) mass is 406 g/mol. The molecule has 0 aliphatic carbocycles. The molecule has 3 heterocycles. The maximum absolute atomic E-state index is 14.4. The number of carbonyl (C=O) groups is 1. The molecule has 5 rings (SSSR count). The highest BCUT2D eigenvalue weighted by molar-refractivity contribution is 5.95. The molecule has 0 bridgehead atoms. The molecule has 0 unspecified atom stereocenters. The van der Waals surface area contributed by atoms with Crippen LogP contribution in [0.2, 0.25) is 0 Å². The van der Waals surface area contributed by atoms with Gasteiger partial charge in [-0.05, 0) is 43.3 Å². The van der Waals surface area contributed by atoms with Gasteiger partial charge in [-0.3, -0.25) is 9.59 Å². The molecule has 2 aromatic carbocycles. The maximum atomic E-state index is 14.4. The fourth-order valence-electron chi connectivity index (χ4n) is 4.30. The van der Waals surface area contributed by atoms with Gasteiger partial charge < -0.3 is 9.80 Å². The number of nitrogens with one attached hydrogen (secondary N) is 1. The predicted octanol–water partition coefficient (Wildman–Crippen LogP) is 2.43. The highest BCUT2D eigenvalue weighted by Crippen LogP contribution is 2.24. The van der Waals surface area contributed by atoms with E-state index in [0.29, 0.717) is 36.5 Å². The van der Waals surface area contributed by atoms with Gasteiger partial charge in [0.05, 0.1) is 16.6 Å². The van der Waals surface area contributed by atoms with Crippen LogP contribution in [0, 0.1) is 11.7 Å². The quantitative estimate of drug-likeness (QED) is 0.707. The van der Waals surface area contributed by atoms with E-state index in [-0.39, 0.29) is 17.0 Å². The summed E-state index contributed by atoms with van der Waals surface area (Å²) in [6.07, 6.45) is 1.66. The van der Waals surface area contributed by atoms with Crippen LogP contribution in [0.3, 0.4) is 0 Å². The Labute approximate surface area is 173 Å². The van der Waals surface area contributed by atoms with Crippen molar-refractivity contribution in [1.82, 2.24) is 20.0 Å². The number of carbonyl (C=O) groups excluding carboxylic acids is 1. The molecule has 1 aromatic heterocycles. The minimum atomic E-state index is -0.505. The van der Waals surface area contributed by atoms with Crippen molar-refractivity contribution in [1.29, 1.82) is 0 Å². The van der Waals surface area contributed by atoms with Crippen molar-refractivity contribution in [2.24, 2.45) is 5.92 Å². The minimum absolute atomic E-state index is 0.101. The molecule has 30 heavy (non-hydrogen) atoms. The third-order valence-corrected chi connectivity index (χ3v) is 6.12. The van der Waals surface area contributed by atoms with Crippen LogP contribution in [0.5, 0.6) is 0 Å². The molecule has 0 saturated carbocycles. The first-order valence-electron chi connectivity index (χ1n) is 10.3. The Hall–Kier alpha value is -3.06. The summed E-state index contributed by atoms with van der Waals surface area (Å²) in [5.74, 6) is -0.278. The van der Waals surface area contributed by atoms with E-state index in [1.807, 2.05) is 12.1 Å². The third-order valence-electron chi connectivity index (χ3n) is 6.12. The van der Waals surface area contributed by atoms with E-state index in [1.165, 1.54) is 12.5 Å². The maximum Gasteiger partial charge on any atom is 0.272 e. The van der Waals surface area contributed by atoms with Gasteiger partial charge in [-0.1, -0.05) is 24.3 Å². The molecular weight excluding hydrogens is 383 g/mol. The Balaban J connectivity index is 1.34. The summed E-state index contributed by atoms with van der Waals surface area (Å²) in [6, 6.07) is 11.9. The molecule has 0 atom stereocenters. The standard InChI is InChI=1S/C23H23FN4O2/c24-20-7-6-15(11-21-17-4-1-2-5-18(17)22(29)26-25-21)10-19(20)23(30)28-13-16(14-28)12-27-8-3-9-27/h1-2,4-7,10,16H,3,8-9,11-14H2,(H,26,29).